The zero-order valence-electron chi connectivity index (χ0n) is 15.9. The topological polar surface area (TPSA) is 106 Å². The lowest BCUT2D eigenvalue weighted by molar-refractivity contribution is -0.136. The van der Waals surface area contributed by atoms with E-state index in [0.29, 0.717) is 23.0 Å². The van der Waals surface area contributed by atoms with E-state index in [4.69, 9.17) is 19.3 Å². The van der Waals surface area contributed by atoms with Gasteiger partial charge in [-0.05, 0) is 17.7 Å². The van der Waals surface area contributed by atoms with Crippen molar-refractivity contribution >= 4 is 17.6 Å². The maximum atomic E-state index is 12.6. The molecule has 0 saturated heterocycles. The Balaban J connectivity index is 2.29. The molecule has 0 atom stereocenters. The minimum atomic E-state index is -0.945. The van der Waals surface area contributed by atoms with E-state index in [9.17, 15) is 9.59 Å². The van der Waals surface area contributed by atoms with Crippen molar-refractivity contribution in [2.24, 2.45) is 5.10 Å². The summed E-state index contributed by atoms with van der Waals surface area (Å²) < 4.78 is 15.7. The third-order valence-corrected chi connectivity index (χ3v) is 3.90. The number of rotatable bonds is 9. The second-order valence-electron chi connectivity index (χ2n) is 5.67. The van der Waals surface area contributed by atoms with Gasteiger partial charge in [0.05, 0.1) is 33.5 Å². The van der Waals surface area contributed by atoms with Crippen LogP contribution in [0.5, 0.6) is 17.2 Å². The summed E-state index contributed by atoms with van der Waals surface area (Å²) in [7, 11) is 4.38. The van der Waals surface area contributed by atoms with E-state index in [1.165, 1.54) is 33.5 Å². The second-order valence-corrected chi connectivity index (χ2v) is 5.67. The van der Waals surface area contributed by atoms with Crippen LogP contribution >= 0.6 is 0 Å². The summed E-state index contributed by atoms with van der Waals surface area (Å²) in [6.45, 7) is 0. The largest absolute Gasteiger partial charge is 0.493 e. The van der Waals surface area contributed by atoms with Gasteiger partial charge >= 0.3 is 5.97 Å². The molecule has 0 fully saturated rings. The van der Waals surface area contributed by atoms with Gasteiger partial charge in [0, 0.05) is 12.0 Å². The van der Waals surface area contributed by atoms with Gasteiger partial charge < -0.3 is 19.3 Å². The van der Waals surface area contributed by atoms with E-state index in [1.807, 2.05) is 18.2 Å². The molecule has 2 N–H and O–H groups in total. The molecular weight excluding hydrogens is 364 g/mol. The highest BCUT2D eigenvalue weighted by Gasteiger charge is 2.17. The summed E-state index contributed by atoms with van der Waals surface area (Å²) in [4.78, 5) is 23.5. The fourth-order valence-electron chi connectivity index (χ4n) is 2.52. The molecule has 0 unspecified atom stereocenters. The van der Waals surface area contributed by atoms with Crippen molar-refractivity contribution in [2.75, 3.05) is 21.3 Å². The molecule has 0 radical (unpaired) electrons. The number of nitrogens with one attached hydrogen (secondary N) is 1. The van der Waals surface area contributed by atoms with Gasteiger partial charge in [-0.3, -0.25) is 9.59 Å². The molecule has 0 spiro atoms. The van der Waals surface area contributed by atoms with Crippen LogP contribution in [0.15, 0.2) is 47.6 Å². The Bertz CT molecular complexity index is 839. The van der Waals surface area contributed by atoms with Crippen LogP contribution in [-0.4, -0.2) is 44.0 Å². The first-order chi connectivity index (χ1) is 13.5. The Morgan fingerprint density at radius 3 is 2.04 bits per heavy atom. The zero-order chi connectivity index (χ0) is 20.5. The molecule has 0 aliphatic carbocycles. The Morgan fingerprint density at radius 2 is 1.54 bits per heavy atom. The van der Waals surface area contributed by atoms with Gasteiger partial charge in [0.2, 0.25) is 5.75 Å². The van der Waals surface area contributed by atoms with Crippen molar-refractivity contribution in [3.8, 4) is 17.2 Å². The second kappa shape index (κ2) is 9.96. The van der Waals surface area contributed by atoms with Crippen molar-refractivity contribution in [1.29, 1.82) is 0 Å². The quantitative estimate of drug-likeness (QED) is 0.507. The molecule has 148 valence electrons. The molecule has 2 aromatic rings. The molecule has 0 aliphatic heterocycles. The summed E-state index contributed by atoms with van der Waals surface area (Å²) in [5.74, 6) is -0.394. The first kappa shape index (κ1) is 20.8. The first-order valence-electron chi connectivity index (χ1n) is 8.44. The summed E-state index contributed by atoms with van der Waals surface area (Å²) in [6.07, 6.45) is 0.0721. The molecule has 0 aromatic heterocycles. The number of carbonyl (C=O) groups is 2. The molecule has 0 heterocycles. The van der Waals surface area contributed by atoms with Crippen LogP contribution in [0.25, 0.3) is 0 Å². The zero-order valence-corrected chi connectivity index (χ0v) is 15.9. The fraction of sp³-hybridized carbons (Fsp3) is 0.250. The number of hydrogen-bond acceptors (Lipinski definition) is 6. The molecule has 2 aromatic carbocycles. The number of ether oxygens (including phenoxy) is 3. The van der Waals surface area contributed by atoms with Crippen molar-refractivity contribution in [3.05, 3.63) is 53.6 Å². The Hall–Kier alpha value is -3.55. The van der Waals surface area contributed by atoms with Crippen molar-refractivity contribution in [3.63, 3.8) is 0 Å². The Labute approximate surface area is 162 Å². The summed E-state index contributed by atoms with van der Waals surface area (Å²) in [5, 5.41) is 13.1. The van der Waals surface area contributed by atoms with E-state index in [2.05, 4.69) is 10.5 Å². The normalized spacial score (nSPS) is 10.9. The van der Waals surface area contributed by atoms with Crippen LogP contribution in [0.2, 0.25) is 0 Å². The maximum absolute atomic E-state index is 12.6. The third-order valence-electron chi connectivity index (χ3n) is 3.90. The third kappa shape index (κ3) is 5.23. The number of carboxylic acids is 1. The van der Waals surface area contributed by atoms with Gasteiger partial charge in [0.1, 0.15) is 0 Å². The number of amides is 1. The van der Waals surface area contributed by atoms with Gasteiger partial charge in [-0.15, -0.1) is 0 Å². The minimum absolute atomic E-state index is 0.103. The molecule has 2 rings (SSSR count). The van der Waals surface area contributed by atoms with Crippen LogP contribution in [0.1, 0.15) is 28.8 Å². The standard InChI is InChI=1S/C20H22N2O6/c1-26-16-11-14(12-17(27-2)19(16)28-3)20(25)22-21-15(9-10-18(23)24)13-7-5-4-6-8-13/h4-8,11-12H,9-10H2,1-3H3,(H,22,25)(H,23,24)/b21-15-. The number of carbonyl (C=O) groups excluding carboxylic acids is 1. The van der Waals surface area contributed by atoms with Gasteiger partial charge in [-0.25, -0.2) is 5.43 Å². The van der Waals surface area contributed by atoms with Gasteiger partial charge in [-0.2, -0.15) is 5.10 Å². The highest BCUT2D eigenvalue weighted by molar-refractivity contribution is 6.03. The van der Waals surface area contributed by atoms with Crippen molar-refractivity contribution in [1.82, 2.24) is 5.43 Å². The molecule has 1 amide bonds. The molecule has 28 heavy (non-hydrogen) atoms. The molecule has 0 aliphatic rings. The smallest absolute Gasteiger partial charge is 0.303 e. The van der Waals surface area contributed by atoms with E-state index in [1.54, 1.807) is 12.1 Å². The number of carboxylic acid groups (broad SMARTS) is 1. The lowest BCUT2D eigenvalue weighted by Gasteiger charge is -2.13. The molecule has 8 heteroatoms. The lowest BCUT2D eigenvalue weighted by Crippen LogP contribution is -2.21. The summed E-state index contributed by atoms with van der Waals surface area (Å²) >= 11 is 0. The van der Waals surface area contributed by atoms with E-state index in [-0.39, 0.29) is 18.4 Å². The summed E-state index contributed by atoms with van der Waals surface area (Å²) in [5.41, 5.74) is 3.91. The fourth-order valence-corrected chi connectivity index (χ4v) is 2.52. The minimum Gasteiger partial charge on any atom is -0.493 e. The highest BCUT2D eigenvalue weighted by atomic mass is 16.5. The number of nitrogens with zero attached hydrogens (tertiary/aromatic N) is 1. The van der Waals surface area contributed by atoms with E-state index in [0.717, 1.165) is 5.56 Å². The predicted octanol–water partition coefficient (Wildman–Crippen LogP) is 2.71. The van der Waals surface area contributed by atoms with Crippen LogP contribution in [-0.2, 0) is 4.79 Å². The van der Waals surface area contributed by atoms with Crippen LogP contribution < -0.4 is 19.6 Å². The van der Waals surface area contributed by atoms with Crippen LogP contribution in [0, 0.1) is 0 Å². The number of hydrogen-bond donors (Lipinski definition) is 2. The predicted molar refractivity (Wildman–Crippen MR) is 103 cm³/mol. The number of methoxy groups -OCH3 is 3. The molecule has 8 nitrogen and oxygen atoms in total. The van der Waals surface area contributed by atoms with E-state index < -0.39 is 11.9 Å². The van der Waals surface area contributed by atoms with Gasteiger partial charge in [-0.1, -0.05) is 30.3 Å². The molecule has 0 bridgehead atoms. The van der Waals surface area contributed by atoms with Crippen LogP contribution in [0.3, 0.4) is 0 Å². The van der Waals surface area contributed by atoms with E-state index >= 15 is 0 Å². The number of hydrazone groups is 1. The van der Waals surface area contributed by atoms with Crippen LogP contribution in [0.4, 0.5) is 0 Å². The van der Waals surface area contributed by atoms with Gasteiger partial charge in [0.25, 0.3) is 5.91 Å². The average molecular weight is 386 g/mol. The van der Waals surface area contributed by atoms with Crippen molar-refractivity contribution in [2.45, 2.75) is 12.8 Å². The molecular formula is C20H22N2O6. The number of aliphatic carboxylic acids is 1. The highest BCUT2D eigenvalue weighted by Crippen LogP contribution is 2.38. The summed E-state index contributed by atoms with van der Waals surface area (Å²) in [6, 6.07) is 12.1. The van der Waals surface area contributed by atoms with Gasteiger partial charge in [0.15, 0.2) is 11.5 Å². The first-order valence-corrected chi connectivity index (χ1v) is 8.44. The Kier molecular flexibility index (Phi) is 7.38. The lowest BCUT2D eigenvalue weighted by atomic mass is 10.1. The Morgan fingerprint density at radius 1 is 0.929 bits per heavy atom. The molecule has 0 saturated carbocycles. The monoisotopic (exact) mass is 386 g/mol. The SMILES string of the molecule is COc1cc(C(=O)N/N=C(/CCC(=O)O)c2ccccc2)cc(OC)c1OC. The average Bonchev–Trinajstić information content (AvgIpc) is 2.72. The van der Waals surface area contributed by atoms with Crippen molar-refractivity contribution < 1.29 is 28.9 Å². The maximum Gasteiger partial charge on any atom is 0.303 e. The number of benzene rings is 2.